The maximum absolute atomic E-state index is 9.16. The van der Waals surface area contributed by atoms with Gasteiger partial charge >= 0.3 is 40.3 Å². The van der Waals surface area contributed by atoms with Crippen LogP contribution in [0.3, 0.4) is 0 Å². The molecule has 1 N–H and O–H groups in total. The van der Waals surface area contributed by atoms with Gasteiger partial charge in [-0.2, -0.15) is 0 Å². The molecule has 0 aromatic carbocycles. The van der Waals surface area contributed by atoms with Gasteiger partial charge in [-0.1, -0.05) is 0 Å². The molecule has 0 aliphatic heterocycles. The molecule has 0 saturated carbocycles. The van der Waals surface area contributed by atoms with Gasteiger partial charge < -0.3 is 0 Å². The van der Waals surface area contributed by atoms with E-state index in [1.165, 1.54) is 0 Å². The summed E-state index contributed by atoms with van der Waals surface area (Å²) in [5, 5.41) is 0. The van der Waals surface area contributed by atoms with Gasteiger partial charge in [0, 0.05) is 0 Å². The van der Waals surface area contributed by atoms with Gasteiger partial charge in [0.2, 0.25) is 0 Å². The molecule has 0 bridgehead atoms. The summed E-state index contributed by atoms with van der Waals surface area (Å²) < 4.78 is 25.8. The van der Waals surface area contributed by atoms with E-state index in [1.807, 2.05) is 0 Å². The quantitative estimate of drug-likeness (QED) is 0.472. The standard InChI is InChI=1S/Au.HO3S/c;1-4(2)3/h;(H,1,2,3). The van der Waals surface area contributed by atoms with E-state index in [9.17, 15) is 0 Å². The third kappa shape index (κ3) is 77.2. The molecule has 0 radical (unpaired) electrons. The molecule has 0 rings (SSSR count). The van der Waals surface area contributed by atoms with Crippen molar-refractivity contribution in [2.45, 2.75) is 0 Å². The summed E-state index contributed by atoms with van der Waals surface area (Å²) in [5.74, 6) is 0. The normalized spacial score (nSPS) is 11.8. The average Bonchev–Trinajstić information content (AvgIpc) is 0.722. The van der Waals surface area contributed by atoms with Crippen LogP contribution in [-0.2, 0) is 27.3 Å². The molecule has 0 heterocycles. The van der Waals surface area contributed by atoms with Crippen LogP contribution in [0.2, 0.25) is 0 Å². The molecule has 0 spiro atoms. The van der Waals surface area contributed by atoms with Crippen molar-refractivity contribution in [3.8, 4) is 0 Å². The van der Waals surface area contributed by atoms with E-state index in [4.69, 9.17) is 13.0 Å². The third-order valence-electron chi connectivity index (χ3n) is 0. The molecule has 0 aliphatic carbocycles. The fourth-order valence-electron chi connectivity index (χ4n) is 0. The minimum atomic E-state index is -3.72. The number of hydrogen-bond acceptors (Lipinski definition) is 2. The van der Waals surface area contributed by atoms with Crippen molar-refractivity contribution in [2.24, 2.45) is 0 Å². The van der Waals surface area contributed by atoms with Crippen LogP contribution in [0.15, 0.2) is 0 Å². The molecule has 0 atom stereocenters. The predicted octanol–water partition coefficient (Wildman–Crippen LogP) is -0.664. The van der Waals surface area contributed by atoms with Crippen LogP contribution in [0.25, 0.3) is 0 Å². The Balaban J connectivity index is 4.06. The van der Waals surface area contributed by atoms with Gasteiger partial charge in [0.15, 0.2) is 0 Å². The average molecular weight is 278 g/mol. The van der Waals surface area contributed by atoms with Crippen molar-refractivity contribution >= 4 is 7.58 Å². The van der Waals surface area contributed by atoms with Crippen molar-refractivity contribution in [1.82, 2.24) is 0 Å². The van der Waals surface area contributed by atoms with Crippen molar-refractivity contribution in [1.29, 1.82) is 0 Å². The molecule has 5 heteroatoms. The molecule has 5 heavy (non-hydrogen) atoms. The zero-order chi connectivity index (χ0) is 4.50. The minimum absolute atomic E-state index is 1.07. The van der Waals surface area contributed by atoms with Gasteiger partial charge in [0.1, 0.15) is 0 Å². The SMILES string of the molecule is O=[S](=O)(O)[Au]. The van der Waals surface area contributed by atoms with Crippen molar-refractivity contribution in [3.05, 3.63) is 0 Å². The molecular formula is HAuO3S. The maximum atomic E-state index is 9.16. The Hall–Kier alpha value is 0.650. The Morgan fingerprint density at radius 3 is 1.60 bits per heavy atom. The summed E-state index contributed by atoms with van der Waals surface area (Å²) in [6.07, 6.45) is 0. The fraction of sp³-hybridized carbons (Fsp3) is 0. The molecule has 0 saturated heterocycles. The fourth-order valence-corrected chi connectivity index (χ4v) is 0. The zero-order valence-corrected chi connectivity index (χ0v) is 4.96. The van der Waals surface area contributed by atoms with Crippen LogP contribution in [-0.4, -0.2) is 13.0 Å². The van der Waals surface area contributed by atoms with Gasteiger partial charge in [-0.05, 0) is 0 Å². The first-order valence-corrected chi connectivity index (χ1v) is 4.57. The van der Waals surface area contributed by atoms with Crippen LogP contribution in [0.4, 0.5) is 0 Å². The van der Waals surface area contributed by atoms with Gasteiger partial charge in [-0.25, -0.2) is 0 Å². The summed E-state index contributed by atoms with van der Waals surface area (Å²) in [6.45, 7) is 0. The Bertz CT molecular complexity index is 90.1. The second-order valence-electron chi connectivity index (χ2n) is 0.373. The van der Waals surface area contributed by atoms with E-state index in [2.05, 4.69) is 0 Å². The molecule has 0 aromatic rings. The summed E-state index contributed by atoms with van der Waals surface area (Å²) in [7, 11) is -3.72. The van der Waals surface area contributed by atoms with E-state index >= 15 is 0 Å². The molecule has 0 fully saturated rings. The van der Waals surface area contributed by atoms with E-state index in [-0.39, 0.29) is 0 Å². The summed E-state index contributed by atoms with van der Waals surface area (Å²) >= 11 is 1.07. The Kier molecular flexibility index (Phi) is 1.58. The van der Waals surface area contributed by atoms with E-state index in [0.717, 1.165) is 19.7 Å². The first-order chi connectivity index (χ1) is 2.00. The second kappa shape index (κ2) is 1.40. The molecule has 0 aromatic heterocycles. The van der Waals surface area contributed by atoms with Gasteiger partial charge in [0.25, 0.3) is 0 Å². The monoisotopic (exact) mass is 278 g/mol. The van der Waals surface area contributed by atoms with Crippen LogP contribution in [0.5, 0.6) is 0 Å². The first kappa shape index (κ1) is 5.65. The summed E-state index contributed by atoms with van der Waals surface area (Å²) in [4.78, 5) is 0. The Labute approximate surface area is 40.6 Å². The Morgan fingerprint density at radius 1 is 1.60 bits per heavy atom. The van der Waals surface area contributed by atoms with E-state index < -0.39 is 7.58 Å². The second-order valence-corrected chi connectivity index (χ2v) is 4.47. The van der Waals surface area contributed by atoms with E-state index in [0.29, 0.717) is 0 Å². The van der Waals surface area contributed by atoms with Crippen LogP contribution in [0.1, 0.15) is 0 Å². The first-order valence-electron chi connectivity index (χ1n) is 0.639. The number of hydrogen-bond donors (Lipinski definition) is 1. The van der Waals surface area contributed by atoms with Crippen molar-refractivity contribution < 1.29 is 32.7 Å². The molecule has 36 valence electrons. The molecular weight excluding hydrogens is 277 g/mol. The van der Waals surface area contributed by atoms with Gasteiger partial charge in [0.05, 0.1) is 0 Å². The Morgan fingerprint density at radius 2 is 1.60 bits per heavy atom. The molecule has 0 aliphatic rings. The van der Waals surface area contributed by atoms with Crippen LogP contribution >= 0.6 is 0 Å². The van der Waals surface area contributed by atoms with E-state index in [1.54, 1.807) is 0 Å². The summed E-state index contributed by atoms with van der Waals surface area (Å²) in [6, 6.07) is 0. The van der Waals surface area contributed by atoms with Gasteiger partial charge in [-0.3, -0.25) is 0 Å². The van der Waals surface area contributed by atoms with Crippen LogP contribution < -0.4 is 0 Å². The molecule has 0 amide bonds. The summed E-state index contributed by atoms with van der Waals surface area (Å²) in [5.41, 5.74) is 0. The van der Waals surface area contributed by atoms with Crippen molar-refractivity contribution in [2.75, 3.05) is 0 Å². The van der Waals surface area contributed by atoms with Crippen LogP contribution in [0, 0.1) is 0 Å². The predicted molar refractivity (Wildman–Crippen MR) is 11.5 cm³/mol. The third-order valence-corrected chi connectivity index (χ3v) is 0. The molecule has 0 unspecified atom stereocenters. The zero-order valence-electron chi connectivity index (χ0n) is 1.97. The topological polar surface area (TPSA) is 54.4 Å². The van der Waals surface area contributed by atoms with Crippen molar-refractivity contribution in [3.63, 3.8) is 0 Å². The van der Waals surface area contributed by atoms with Gasteiger partial charge in [-0.15, -0.1) is 0 Å². The molecule has 3 nitrogen and oxygen atoms in total. The number of rotatable bonds is 0.